The summed E-state index contributed by atoms with van der Waals surface area (Å²) in [5.41, 5.74) is 6.91. The minimum Gasteiger partial charge on any atom is -0.345 e. The molecule has 0 saturated heterocycles. The molecule has 0 fully saturated rings. The van der Waals surface area contributed by atoms with Crippen LogP contribution >= 0.6 is 11.8 Å². The van der Waals surface area contributed by atoms with Crippen molar-refractivity contribution in [3.05, 3.63) is 29.8 Å². The first kappa shape index (κ1) is 16.5. The Kier molecular flexibility index (Phi) is 6.54. The topological polar surface area (TPSA) is 75.4 Å². The van der Waals surface area contributed by atoms with Crippen molar-refractivity contribution in [2.24, 2.45) is 5.73 Å². The zero-order chi connectivity index (χ0) is 15.1. The van der Waals surface area contributed by atoms with Crippen LogP contribution in [0, 0.1) is 0 Å². The molecule has 2 amide bonds. The second-order valence-electron chi connectivity index (χ2n) is 4.66. The van der Waals surface area contributed by atoms with Crippen molar-refractivity contribution in [1.29, 1.82) is 0 Å². The standard InChI is InChI=1S/C14H21N3O2S/c1-17(2)14(19)10-5-4-6-11(9-10)16-13(18)12(15)7-8-20-3/h4-6,9,12H,7-8,15H2,1-3H3,(H,16,18)/t12-/m1/s1. The van der Waals surface area contributed by atoms with Crippen molar-refractivity contribution < 1.29 is 9.59 Å². The Balaban J connectivity index is 2.71. The van der Waals surface area contributed by atoms with Gasteiger partial charge in [-0.25, -0.2) is 0 Å². The molecule has 0 aliphatic rings. The Hall–Kier alpha value is -1.53. The van der Waals surface area contributed by atoms with Crippen molar-refractivity contribution in [3.63, 3.8) is 0 Å². The van der Waals surface area contributed by atoms with Crippen LogP contribution in [0.3, 0.4) is 0 Å². The third-order valence-electron chi connectivity index (χ3n) is 2.75. The number of nitrogens with zero attached hydrogens (tertiary/aromatic N) is 1. The molecule has 1 aromatic carbocycles. The van der Waals surface area contributed by atoms with Gasteiger partial charge in [-0.1, -0.05) is 6.07 Å². The van der Waals surface area contributed by atoms with Gasteiger partial charge in [-0.15, -0.1) is 0 Å². The zero-order valence-electron chi connectivity index (χ0n) is 12.1. The third-order valence-corrected chi connectivity index (χ3v) is 3.40. The summed E-state index contributed by atoms with van der Waals surface area (Å²) in [5.74, 6) is 0.509. The molecule has 1 atom stereocenters. The summed E-state index contributed by atoms with van der Waals surface area (Å²) in [4.78, 5) is 25.2. The number of thioether (sulfide) groups is 1. The Morgan fingerprint density at radius 2 is 2.10 bits per heavy atom. The van der Waals surface area contributed by atoms with Gasteiger partial charge < -0.3 is 16.0 Å². The molecule has 0 aliphatic carbocycles. The molecular weight excluding hydrogens is 274 g/mol. The van der Waals surface area contributed by atoms with Gasteiger partial charge in [0, 0.05) is 25.3 Å². The number of rotatable bonds is 6. The summed E-state index contributed by atoms with van der Waals surface area (Å²) < 4.78 is 0. The average molecular weight is 295 g/mol. The maximum Gasteiger partial charge on any atom is 0.253 e. The van der Waals surface area contributed by atoms with Crippen LogP contribution in [0.25, 0.3) is 0 Å². The van der Waals surface area contributed by atoms with E-state index in [1.54, 1.807) is 50.1 Å². The predicted molar refractivity (Wildman–Crippen MR) is 84.1 cm³/mol. The van der Waals surface area contributed by atoms with E-state index < -0.39 is 6.04 Å². The highest BCUT2D eigenvalue weighted by atomic mass is 32.2. The number of carbonyl (C=O) groups is 2. The molecule has 6 heteroatoms. The molecule has 0 saturated carbocycles. The SMILES string of the molecule is CSCC[C@@H](N)C(=O)Nc1cccc(C(=O)N(C)C)c1. The summed E-state index contributed by atoms with van der Waals surface area (Å²) in [6.07, 6.45) is 2.60. The maximum atomic E-state index is 11.9. The molecule has 1 rings (SSSR count). The fourth-order valence-corrected chi connectivity index (χ4v) is 2.09. The van der Waals surface area contributed by atoms with Crippen molar-refractivity contribution in [1.82, 2.24) is 4.90 Å². The Morgan fingerprint density at radius 1 is 1.40 bits per heavy atom. The van der Waals surface area contributed by atoms with Gasteiger partial charge in [-0.05, 0) is 36.6 Å². The number of anilines is 1. The molecule has 0 radical (unpaired) electrons. The summed E-state index contributed by atoms with van der Waals surface area (Å²) in [6, 6.07) is 6.31. The monoisotopic (exact) mass is 295 g/mol. The molecule has 0 heterocycles. The molecule has 3 N–H and O–H groups in total. The minimum absolute atomic E-state index is 0.104. The van der Waals surface area contributed by atoms with E-state index in [0.29, 0.717) is 17.7 Å². The minimum atomic E-state index is -0.532. The van der Waals surface area contributed by atoms with Gasteiger partial charge in [0.15, 0.2) is 0 Å². The third kappa shape index (κ3) is 4.86. The lowest BCUT2D eigenvalue weighted by atomic mass is 10.1. The second kappa shape index (κ2) is 7.91. The fourth-order valence-electron chi connectivity index (χ4n) is 1.60. The summed E-state index contributed by atoms with van der Waals surface area (Å²) in [6.45, 7) is 0. The van der Waals surface area contributed by atoms with E-state index in [0.717, 1.165) is 5.75 Å². The number of benzene rings is 1. The highest BCUT2D eigenvalue weighted by molar-refractivity contribution is 7.98. The first-order valence-electron chi connectivity index (χ1n) is 6.32. The van der Waals surface area contributed by atoms with Gasteiger partial charge in [-0.3, -0.25) is 9.59 Å². The van der Waals surface area contributed by atoms with Crippen molar-refractivity contribution >= 4 is 29.3 Å². The van der Waals surface area contributed by atoms with Crippen LogP contribution in [-0.2, 0) is 4.79 Å². The van der Waals surface area contributed by atoms with Crippen LogP contribution < -0.4 is 11.1 Å². The predicted octanol–water partition coefficient (Wildman–Crippen LogP) is 1.41. The largest absolute Gasteiger partial charge is 0.345 e. The van der Waals surface area contributed by atoms with Gasteiger partial charge in [0.1, 0.15) is 0 Å². The van der Waals surface area contributed by atoms with E-state index in [9.17, 15) is 9.59 Å². The van der Waals surface area contributed by atoms with E-state index in [1.165, 1.54) is 4.90 Å². The van der Waals surface area contributed by atoms with Crippen LogP contribution in [-0.4, -0.2) is 48.9 Å². The molecule has 0 unspecified atom stereocenters. The Labute approximate surface area is 123 Å². The molecule has 20 heavy (non-hydrogen) atoms. The number of hydrogen-bond donors (Lipinski definition) is 2. The smallest absolute Gasteiger partial charge is 0.253 e. The van der Waals surface area contributed by atoms with Crippen LogP contribution in [0.15, 0.2) is 24.3 Å². The lowest BCUT2D eigenvalue weighted by Gasteiger charge is -2.14. The first-order valence-corrected chi connectivity index (χ1v) is 7.72. The Bertz CT molecular complexity index is 477. The maximum absolute atomic E-state index is 11.9. The molecule has 1 aromatic rings. The lowest BCUT2D eigenvalue weighted by molar-refractivity contribution is -0.117. The highest BCUT2D eigenvalue weighted by Crippen LogP contribution is 2.12. The van der Waals surface area contributed by atoms with Crippen LogP contribution in [0.4, 0.5) is 5.69 Å². The van der Waals surface area contributed by atoms with Crippen molar-refractivity contribution in [3.8, 4) is 0 Å². The van der Waals surface area contributed by atoms with Gasteiger partial charge in [0.25, 0.3) is 5.91 Å². The van der Waals surface area contributed by atoms with E-state index in [1.807, 2.05) is 6.26 Å². The van der Waals surface area contributed by atoms with Gasteiger partial charge in [-0.2, -0.15) is 11.8 Å². The molecular formula is C14H21N3O2S. The molecule has 0 aliphatic heterocycles. The van der Waals surface area contributed by atoms with Crippen molar-refractivity contribution in [2.75, 3.05) is 31.4 Å². The fraction of sp³-hybridized carbons (Fsp3) is 0.429. The number of nitrogens with two attached hydrogens (primary N) is 1. The normalized spacial score (nSPS) is 11.8. The van der Waals surface area contributed by atoms with Crippen molar-refractivity contribution in [2.45, 2.75) is 12.5 Å². The van der Waals surface area contributed by atoms with Crippen LogP contribution in [0.2, 0.25) is 0 Å². The van der Waals surface area contributed by atoms with Gasteiger partial charge >= 0.3 is 0 Å². The van der Waals surface area contributed by atoms with Crippen LogP contribution in [0.1, 0.15) is 16.8 Å². The molecule has 0 spiro atoms. The number of hydrogen-bond acceptors (Lipinski definition) is 4. The van der Waals surface area contributed by atoms with E-state index in [4.69, 9.17) is 5.73 Å². The van der Waals surface area contributed by atoms with Gasteiger partial charge in [0.2, 0.25) is 5.91 Å². The first-order chi connectivity index (χ1) is 9.45. The quantitative estimate of drug-likeness (QED) is 0.832. The van der Waals surface area contributed by atoms with E-state index >= 15 is 0 Å². The zero-order valence-corrected chi connectivity index (χ0v) is 12.9. The molecule has 0 bridgehead atoms. The summed E-state index contributed by atoms with van der Waals surface area (Å²) in [5, 5.41) is 2.74. The average Bonchev–Trinajstić information content (AvgIpc) is 2.43. The van der Waals surface area contributed by atoms with E-state index in [2.05, 4.69) is 5.32 Å². The number of nitrogens with one attached hydrogen (secondary N) is 1. The molecule has 5 nitrogen and oxygen atoms in total. The van der Waals surface area contributed by atoms with E-state index in [-0.39, 0.29) is 11.8 Å². The summed E-state index contributed by atoms with van der Waals surface area (Å²) >= 11 is 1.65. The van der Waals surface area contributed by atoms with Crippen LogP contribution in [0.5, 0.6) is 0 Å². The number of carbonyl (C=O) groups excluding carboxylic acids is 2. The Morgan fingerprint density at radius 3 is 2.70 bits per heavy atom. The molecule has 0 aromatic heterocycles. The molecule has 110 valence electrons. The van der Waals surface area contributed by atoms with Gasteiger partial charge in [0.05, 0.1) is 6.04 Å². The lowest BCUT2D eigenvalue weighted by Crippen LogP contribution is -2.36. The highest BCUT2D eigenvalue weighted by Gasteiger charge is 2.14. The number of amides is 2. The second-order valence-corrected chi connectivity index (χ2v) is 5.64. The summed E-state index contributed by atoms with van der Waals surface area (Å²) in [7, 11) is 3.37.